The van der Waals surface area contributed by atoms with Gasteiger partial charge in [-0.3, -0.25) is 9.59 Å². The number of carbonyl (C=O) groups excluding carboxylic acids is 2. The van der Waals surface area contributed by atoms with E-state index in [-0.39, 0.29) is 42.6 Å². The SMILES string of the molecule is COc1ccccc1NC(=O)C1CCN(C(=O)CC(N)c2ccccc2)CC1.Cl. The van der Waals surface area contributed by atoms with E-state index in [0.29, 0.717) is 37.4 Å². The van der Waals surface area contributed by atoms with Crippen LogP contribution in [0.1, 0.15) is 30.9 Å². The molecule has 6 nitrogen and oxygen atoms in total. The van der Waals surface area contributed by atoms with E-state index in [4.69, 9.17) is 10.5 Å². The Morgan fingerprint density at radius 1 is 1.10 bits per heavy atom. The molecule has 2 aromatic carbocycles. The van der Waals surface area contributed by atoms with Gasteiger partial charge >= 0.3 is 0 Å². The number of likely N-dealkylation sites (tertiary alicyclic amines) is 1. The van der Waals surface area contributed by atoms with E-state index in [9.17, 15) is 9.59 Å². The first-order valence-electron chi connectivity index (χ1n) is 9.60. The molecule has 0 bridgehead atoms. The monoisotopic (exact) mass is 417 g/mol. The molecule has 0 saturated carbocycles. The van der Waals surface area contributed by atoms with E-state index in [1.807, 2.05) is 59.5 Å². The summed E-state index contributed by atoms with van der Waals surface area (Å²) < 4.78 is 5.28. The Hall–Kier alpha value is -2.57. The summed E-state index contributed by atoms with van der Waals surface area (Å²) in [5, 5.41) is 2.94. The fourth-order valence-electron chi connectivity index (χ4n) is 3.51. The molecule has 1 saturated heterocycles. The van der Waals surface area contributed by atoms with Crippen LogP contribution in [0.4, 0.5) is 5.69 Å². The Labute approximate surface area is 177 Å². The minimum Gasteiger partial charge on any atom is -0.495 e. The van der Waals surface area contributed by atoms with Crippen LogP contribution in [0.2, 0.25) is 0 Å². The largest absolute Gasteiger partial charge is 0.495 e. The number of methoxy groups -OCH3 is 1. The Bertz CT molecular complexity index is 808. The van der Waals surface area contributed by atoms with Crippen molar-refractivity contribution in [2.75, 3.05) is 25.5 Å². The minimum absolute atomic E-state index is 0. The van der Waals surface area contributed by atoms with Crippen molar-refractivity contribution in [1.82, 2.24) is 4.90 Å². The number of carbonyl (C=O) groups is 2. The average molecular weight is 418 g/mol. The summed E-state index contributed by atoms with van der Waals surface area (Å²) in [6.07, 6.45) is 1.57. The highest BCUT2D eigenvalue weighted by atomic mass is 35.5. The van der Waals surface area contributed by atoms with Gasteiger partial charge in [0.05, 0.1) is 12.8 Å². The van der Waals surface area contributed by atoms with Crippen molar-refractivity contribution >= 4 is 29.9 Å². The van der Waals surface area contributed by atoms with Gasteiger partial charge in [-0.2, -0.15) is 0 Å². The highest BCUT2D eigenvalue weighted by molar-refractivity contribution is 5.94. The number of rotatable bonds is 6. The van der Waals surface area contributed by atoms with E-state index in [2.05, 4.69) is 5.32 Å². The molecule has 3 N–H and O–H groups in total. The Kier molecular flexibility index (Phi) is 8.49. The summed E-state index contributed by atoms with van der Waals surface area (Å²) in [6.45, 7) is 1.15. The lowest BCUT2D eigenvalue weighted by atomic mass is 9.95. The number of benzene rings is 2. The quantitative estimate of drug-likeness (QED) is 0.754. The first-order chi connectivity index (χ1) is 13.6. The number of hydrogen-bond acceptors (Lipinski definition) is 4. The molecule has 1 fully saturated rings. The van der Waals surface area contributed by atoms with E-state index < -0.39 is 0 Å². The van der Waals surface area contributed by atoms with E-state index in [0.717, 1.165) is 5.56 Å². The van der Waals surface area contributed by atoms with Gasteiger partial charge in [-0.05, 0) is 30.5 Å². The fourth-order valence-corrected chi connectivity index (χ4v) is 3.51. The Balaban J connectivity index is 0.00000300. The maximum atomic E-state index is 12.6. The maximum Gasteiger partial charge on any atom is 0.227 e. The molecular weight excluding hydrogens is 390 g/mol. The summed E-state index contributed by atoms with van der Waals surface area (Å²) in [4.78, 5) is 27.0. The predicted molar refractivity (Wildman–Crippen MR) is 116 cm³/mol. The summed E-state index contributed by atoms with van der Waals surface area (Å²) in [5.41, 5.74) is 7.80. The second-order valence-corrected chi connectivity index (χ2v) is 7.07. The van der Waals surface area contributed by atoms with Gasteiger partial charge < -0.3 is 20.7 Å². The standard InChI is InChI=1S/C22H27N3O3.ClH/c1-28-20-10-6-5-9-19(20)24-22(27)17-11-13-25(14-12-17)21(26)15-18(23)16-7-3-2-4-8-16;/h2-10,17-18H,11-15,23H2,1H3,(H,24,27);1H. The summed E-state index contributed by atoms with van der Waals surface area (Å²) in [7, 11) is 1.58. The Morgan fingerprint density at radius 2 is 1.72 bits per heavy atom. The number of ether oxygens (including phenoxy) is 1. The number of nitrogens with one attached hydrogen (secondary N) is 1. The number of hydrogen-bond donors (Lipinski definition) is 2. The molecule has 1 unspecified atom stereocenters. The second kappa shape index (κ2) is 10.8. The molecule has 0 radical (unpaired) electrons. The van der Waals surface area contributed by atoms with Gasteiger partial charge in [0.2, 0.25) is 11.8 Å². The van der Waals surface area contributed by atoms with Crippen molar-refractivity contribution in [3.63, 3.8) is 0 Å². The number of halogens is 1. The van der Waals surface area contributed by atoms with Gasteiger partial charge in [-0.25, -0.2) is 0 Å². The number of piperidine rings is 1. The molecule has 1 aliphatic heterocycles. The smallest absolute Gasteiger partial charge is 0.227 e. The molecule has 3 rings (SSSR count). The molecule has 0 aromatic heterocycles. The van der Waals surface area contributed by atoms with Gasteiger partial charge in [0.1, 0.15) is 5.75 Å². The number of nitrogens with two attached hydrogens (primary N) is 1. The van der Waals surface area contributed by atoms with Gasteiger partial charge in [0.15, 0.2) is 0 Å². The predicted octanol–water partition coefficient (Wildman–Crippen LogP) is 3.38. The Morgan fingerprint density at radius 3 is 2.38 bits per heavy atom. The van der Waals surface area contributed by atoms with Gasteiger partial charge in [-0.15, -0.1) is 12.4 Å². The molecule has 156 valence electrons. The number of amides is 2. The molecule has 2 aromatic rings. The minimum atomic E-state index is -0.305. The zero-order valence-corrected chi connectivity index (χ0v) is 17.4. The van der Waals surface area contributed by atoms with Crippen LogP contribution in [-0.2, 0) is 9.59 Å². The lowest BCUT2D eigenvalue weighted by Crippen LogP contribution is -2.42. The van der Waals surface area contributed by atoms with Gasteiger partial charge in [0.25, 0.3) is 0 Å². The second-order valence-electron chi connectivity index (χ2n) is 7.07. The van der Waals surface area contributed by atoms with E-state index >= 15 is 0 Å². The van der Waals surface area contributed by atoms with Crippen LogP contribution < -0.4 is 15.8 Å². The van der Waals surface area contributed by atoms with Crippen LogP contribution in [0, 0.1) is 5.92 Å². The molecular formula is C22H28ClN3O3. The van der Waals surface area contributed by atoms with Crippen LogP contribution in [0.25, 0.3) is 0 Å². The lowest BCUT2D eigenvalue weighted by molar-refractivity contribution is -0.134. The van der Waals surface area contributed by atoms with Crippen LogP contribution >= 0.6 is 12.4 Å². The van der Waals surface area contributed by atoms with Crippen molar-refractivity contribution in [2.45, 2.75) is 25.3 Å². The summed E-state index contributed by atoms with van der Waals surface area (Å²) >= 11 is 0. The van der Waals surface area contributed by atoms with Crippen molar-refractivity contribution in [2.24, 2.45) is 11.7 Å². The van der Waals surface area contributed by atoms with Gasteiger partial charge in [0, 0.05) is 31.5 Å². The summed E-state index contributed by atoms with van der Waals surface area (Å²) in [5.74, 6) is 0.535. The highest BCUT2D eigenvalue weighted by Crippen LogP contribution is 2.26. The number of anilines is 1. The first-order valence-corrected chi connectivity index (χ1v) is 9.60. The first kappa shape index (κ1) is 22.7. The molecule has 2 amide bonds. The van der Waals surface area contributed by atoms with E-state index in [1.165, 1.54) is 0 Å². The average Bonchev–Trinajstić information content (AvgIpc) is 2.74. The summed E-state index contributed by atoms with van der Waals surface area (Å²) in [6, 6.07) is 16.7. The third-order valence-electron chi connectivity index (χ3n) is 5.21. The third kappa shape index (κ3) is 5.95. The highest BCUT2D eigenvalue weighted by Gasteiger charge is 2.28. The van der Waals surface area contributed by atoms with Crippen molar-refractivity contribution in [1.29, 1.82) is 0 Å². The van der Waals surface area contributed by atoms with Crippen molar-refractivity contribution < 1.29 is 14.3 Å². The maximum absolute atomic E-state index is 12.6. The number of para-hydroxylation sites is 2. The third-order valence-corrected chi connectivity index (χ3v) is 5.21. The van der Waals surface area contributed by atoms with Crippen LogP contribution in [0.5, 0.6) is 5.75 Å². The zero-order chi connectivity index (χ0) is 19.9. The molecule has 29 heavy (non-hydrogen) atoms. The number of nitrogens with zero attached hydrogens (tertiary/aromatic N) is 1. The lowest BCUT2D eigenvalue weighted by Gasteiger charge is -2.32. The molecule has 1 heterocycles. The van der Waals surface area contributed by atoms with Crippen LogP contribution in [0.15, 0.2) is 54.6 Å². The molecule has 0 aliphatic carbocycles. The van der Waals surface area contributed by atoms with Crippen molar-refractivity contribution in [3.05, 3.63) is 60.2 Å². The zero-order valence-electron chi connectivity index (χ0n) is 16.5. The van der Waals surface area contributed by atoms with E-state index in [1.54, 1.807) is 7.11 Å². The molecule has 0 spiro atoms. The molecule has 1 atom stereocenters. The van der Waals surface area contributed by atoms with Gasteiger partial charge in [-0.1, -0.05) is 42.5 Å². The van der Waals surface area contributed by atoms with Crippen molar-refractivity contribution in [3.8, 4) is 5.75 Å². The normalized spacial score (nSPS) is 15.2. The van der Waals surface area contributed by atoms with Crippen LogP contribution in [0.3, 0.4) is 0 Å². The molecule has 7 heteroatoms. The molecule has 1 aliphatic rings. The fraction of sp³-hybridized carbons (Fsp3) is 0.364. The topological polar surface area (TPSA) is 84.7 Å². The van der Waals surface area contributed by atoms with Crippen LogP contribution in [-0.4, -0.2) is 36.9 Å².